The van der Waals surface area contributed by atoms with Gasteiger partial charge in [0.05, 0.1) is 0 Å². The summed E-state index contributed by atoms with van der Waals surface area (Å²) < 4.78 is 46.2. The van der Waals surface area contributed by atoms with Gasteiger partial charge in [-0.15, -0.1) is 0 Å². The summed E-state index contributed by atoms with van der Waals surface area (Å²) in [5, 5.41) is 2.53. The summed E-state index contributed by atoms with van der Waals surface area (Å²) in [5.74, 6) is -1.11. The summed E-state index contributed by atoms with van der Waals surface area (Å²) in [4.78, 5) is 26.7. The first-order valence-corrected chi connectivity index (χ1v) is 12.4. The van der Waals surface area contributed by atoms with Gasteiger partial charge in [-0.3, -0.25) is 9.59 Å². The minimum absolute atomic E-state index is 0.0583. The zero-order chi connectivity index (χ0) is 24.2. The number of nitrogens with one attached hydrogen (secondary N) is 2. The monoisotopic (exact) mass is 479 g/mol. The quantitative estimate of drug-likeness (QED) is 0.635. The number of furan rings is 1. The summed E-state index contributed by atoms with van der Waals surface area (Å²) in [5.41, 5.74) is -0.135. The Kier molecular flexibility index (Phi) is 7.58. The van der Waals surface area contributed by atoms with Gasteiger partial charge in [-0.25, -0.2) is 17.5 Å². The van der Waals surface area contributed by atoms with E-state index in [2.05, 4.69) is 10.0 Å². The molecule has 2 amide bonds. The smallest absolute Gasteiger partial charge is 0.289 e. The average molecular weight is 480 g/mol. The maximum atomic E-state index is 13.7. The molecule has 0 unspecified atom stereocenters. The summed E-state index contributed by atoms with van der Waals surface area (Å²) >= 11 is 0. The number of hydrogen-bond donors (Lipinski definition) is 2. The lowest BCUT2D eigenvalue weighted by Gasteiger charge is -2.30. The van der Waals surface area contributed by atoms with E-state index in [1.807, 2.05) is 0 Å². The predicted molar refractivity (Wildman–Crippen MR) is 121 cm³/mol. The Morgan fingerprint density at radius 2 is 1.79 bits per heavy atom. The average Bonchev–Trinajstić information content (AvgIpc) is 3.24. The molecule has 0 aliphatic carbocycles. The molecule has 0 atom stereocenters. The minimum Gasteiger partial charge on any atom is -0.438 e. The van der Waals surface area contributed by atoms with Crippen LogP contribution >= 0.6 is 0 Å². The van der Waals surface area contributed by atoms with Crippen molar-refractivity contribution in [2.45, 2.75) is 50.7 Å². The highest BCUT2D eigenvalue weighted by atomic mass is 32.2. The molecular formula is C23H30FN3O5S. The molecule has 0 saturated carbocycles. The molecule has 1 aromatic carbocycles. The van der Waals surface area contributed by atoms with E-state index in [4.69, 9.17) is 4.42 Å². The summed E-state index contributed by atoms with van der Waals surface area (Å²) in [7, 11) is -3.88. The van der Waals surface area contributed by atoms with Gasteiger partial charge >= 0.3 is 0 Å². The fourth-order valence-electron chi connectivity index (χ4n) is 3.70. The highest BCUT2D eigenvalue weighted by molar-refractivity contribution is 7.89. The summed E-state index contributed by atoms with van der Waals surface area (Å²) in [6.45, 7) is 6.17. The van der Waals surface area contributed by atoms with Gasteiger partial charge in [0, 0.05) is 31.1 Å². The van der Waals surface area contributed by atoms with Gasteiger partial charge in [-0.05, 0) is 63.8 Å². The Morgan fingerprint density at radius 1 is 1.12 bits per heavy atom. The molecule has 3 rings (SSSR count). The maximum Gasteiger partial charge on any atom is 0.289 e. The fraction of sp³-hybridized carbons (Fsp3) is 0.478. The number of amides is 2. The molecule has 2 heterocycles. The summed E-state index contributed by atoms with van der Waals surface area (Å²) in [6, 6.07) is 9.07. The van der Waals surface area contributed by atoms with E-state index in [1.165, 1.54) is 18.2 Å². The van der Waals surface area contributed by atoms with E-state index in [1.54, 1.807) is 43.9 Å². The van der Waals surface area contributed by atoms with E-state index in [-0.39, 0.29) is 28.5 Å². The molecule has 0 radical (unpaired) electrons. The van der Waals surface area contributed by atoms with Crippen LogP contribution in [0.1, 0.15) is 49.7 Å². The SMILES string of the molecule is CC(C)(C)NS(=O)(=O)c1ccc(C(=O)N2CCC(C(=O)NCCc3ccccc3F)CC2)o1. The van der Waals surface area contributed by atoms with Crippen molar-refractivity contribution in [1.29, 1.82) is 0 Å². The lowest BCUT2D eigenvalue weighted by molar-refractivity contribution is -0.126. The van der Waals surface area contributed by atoms with Gasteiger partial charge < -0.3 is 14.6 Å². The van der Waals surface area contributed by atoms with E-state index in [9.17, 15) is 22.4 Å². The topological polar surface area (TPSA) is 109 Å². The van der Waals surface area contributed by atoms with Crippen molar-refractivity contribution >= 4 is 21.8 Å². The first-order valence-electron chi connectivity index (χ1n) is 10.9. The van der Waals surface area contributed by atoms with E-state index >= 15 is 0 Å². The van der Waals surface area contributed by atoms with Crippen molar-refractivity contribution in [1.82, 2.24) is 14.9 Å². The zero-order valence-corrected chi connectivity index (χ0v) is 19.9. The number of piperidine rings is 1. The minimum atomic E-state index is -3.88. The number of likely N-dealkylation sites (tertiary alicyclic amines) is 1. The molecule has 0 spiro atoms. The van der Waals surface area contributed by atoms with Crippen LogP contribution in [-0.4, -0.2) is 50.3 Å². The van der Waals surface area contributed by atoms with Crippen molar-refractivity contribution in [3.63, 3.8) is 0 Å². The van der Waals surface area contributed by atoms with Gasteiger partial charge in [0.2, 0.25) is 11.0 Å². The van der Waals surface area contributed by atoms with Gasteiger partial charge in [0.1, 0.15) is 5.82 Å². The normalized spacial score (nSPS) is 15.5. The van der Waals surface area contributed by atoms with Crippen molar-refractivity contribution in [2.75, 3.05) is 19.6 Å². The first kappa shape index (κ1) is 24.9. The van der Waals surface area contributed by atoms with Crippen LogP contribution in [0.3, 0.4) is 0 Å². The number of hydrogen-bond acceptors (Lipinski definition) is 5. The van der Waals surface area contributed by atoms with Crippen LogP contribution in [0.2, 0.25) is 0 Å². The number of halogens is 1. The Morgan fingerprint density at radius 3 is 2.42 bits per heavy atom. The molecule has 180 valence electrons. The Hall–Kier alpha value is -2.72. The van der Waals surface area contributed by atoms with Crippen LogP contribution in [0.5, 0.6) is 0 Å². The lowest BCUT2D eigenvalue weighted by atomic mass is 9.95. The molecule has 0 bridgehead atoms. The molecule has 2 aromatic rings. The van der Waals surface area contributed by atoms with Gasteiger partial charge in [-0.2, -0.15) is 0 Å². The summed E-state index contributed by atoms with van der Waals surface area (Å²) in [6.07, 6.45) is 1.37. The Labute approximate surface area is 193 Å². The van der Waals surface area contributed by atoms with Crippen LogP contribution in [0, 0.1) is 11.7 Å². The number of sulfonamides is 1. The molecule has 33 heavy (non-hydrogen) atoms. The molecular weight excluding hydrogens is 449 g/mol. The number of carbonyl (C=O) groups is 2. The van der Waals surface area contributed by atoms with Crippen LogP contribution in [0.25, 0.3) is 0 Å². The number of nitrogens with zero attached hydrogens (tertiary/aromatic N) is 1. The first-order chi connectivity index (χ1) is 15.5. The number of benzene rings is 1. The van der Waals surface area contributed by atoms with Crippen LogP contribution in [0.4, 0.5) is 4.39 Å². The van der Waals surface area contributed by atoms with Crippen molar-refractivity contribution < 1.29 is 26.8 Å². The highest BCUT2D eigenvalue weighted by Crippen LogP contribution is 2.22. The van der Waals surface area contributed by atoms with Crippen molar-refractivity contribution in [2.24, 2.45) is 5.92 Å². The van der Waals surface area contributed by atoms with Crippen LogP contribution < -0.4 is 10.0 Å². The van der Waals surface area contributed by atoms with Gasteiger partial charge in [-0.1, -0.05) is 18.2 Å². The third kappa shape index (κ3) is 6.64. The lowest BCUT2D eigenvalue weighted by Crippen LogP contribution is -2.43. The second kappa shape index (κ2) is 10.0. The maximum absolute atomic E-state index is 13.7. The third-order valence-corrected chi connectivity index (χ3v) is 6.93. The second-order valence-corrected chi connectivity index (χ2v) is 10.8. The molecule has 2 N–H and O–H groups in total. The molecule has 1 saturated heterocycles. The molecule has 1 aliphatic heterocycles. The number of rotatable bonds is 7. The fourth-order valence-corrected chi connectivity index (χ4v) is 5.05. The van der Waals surface area contributed by atoms with E-state index < -0.39 is 21.5 Å². The Balaban J connectivity index is 1.49. The number of carbonyl (C=O) groups excluding carboxylic acids is 2. The molecule has 1 fully saturated rings. The molecule has 1 aliphatic rings. The van der Waals surface area contributed by atoms with Crippen molar-refractivity contribution in [3.8, 4) is 0 Å². The van der Waals surface area contributed by atoms with Crippen molar-refractivity contribution in [3.05, 3.63) is 53.5 Å². The zero-order valence-electron chi connectivity index (χ0n) is 19.1. The third-order valence-electron chi connectivity index (χ3n) is 5.30. The molecule has 8 nitrogen and oxygen atoms in total. The van der Waals surface area contributed by atoms with Gasteiger partial charge in [0.25, 0.3) is 15.9 Å². The van der Waals surface area contributed by atoms with Crippen LogP contribution in [0.15, 0.2) is 45.9 Å². The van der Waals surface area contributed by atoms with Gasteiger partial charge in [0.15, 0.2) is 5.76 Å². The Bertz CT molecular complexity index is 1100. The van der Waals surface area contributed by atoms with E-state index in [0.717, 1.165) is 0 Å². The molecule has 1 aromatic heterocycles. The molecule has 10 heteroatoms. The van der Waals surface area contributed by atoms with Crippen LogP contribution in [-0.2, 0) is 21.2 Å². The highest BCUT2D eigenvalue weighted by Gasteiger charge is 2.31. The van der Waals surface area contributed by atoms with E-state index in [0.29, 0.717) is 44.5 Å². The predicted octanol–water partition coefficient (Wildman–Crippen LogP) is 2.71. The standard InChI is InChI=1S/C23H30FN3O5S/c1-23(2,3)26-33(30,31)20-9-8-19(32-20)22(29)27-14-11-17(12-15-27)21(28)25-13-10-16-6-4-5-7-18(16)24/h4-9,17,26H,10-15H2,1-3H3,(H,25,28). The second-order valence-electron chi connectivity index (χ2n) is 9.17. The largest absolute Gasteiger partial charge is 0.438 e.